The molecule has 0 bridgehead atoms. The van der Waals surface area contributed by atoms with Crippen LogP contribution in [0.3, 0.4) is 0 Å². The first-order chi connectivity index (χ1) is 13.6. The highest BCUT2D eigenvalue weighted by atomic mass is 16.5. The Morgan fingerprint density at radius 1 is 0.964 bits per heavy atom. The van der Waals surface area contributed by atoms with Gasteiger partial charge < -0.3 is 20.1 Å². The standard InChI is InChI=1S/C21H22N4O3/c1-14-4-6-15(7-5-14)11-24-21(26)17-12-23-20(13-22-17)25-16-8-9-18(27-2)19(10-16)28-3/h4-10,12-13H,11H2,1-3H3,(H,23,25)(H,24,26). The Balaban J connectivity index is 1.61. The molecule has 0 atom stereocenters. The van der Waals surface area contributed by atoms with Gasteiger partial charge in [0.15, 0.2) is 11.5 Å². The molecule has 0 fully saturated rings. The molecule has 7 heteroatoms. The molecular weight excluding hydrogens is 356 g/mol. The maximum absolute atomic E-state index is 12.2. The van der Waals surface area contributed by atoms with Crippen molar-refractivity contribution in [2.45, 2.75) is 13.5 Å². The van der Waals surface area contributed by atoms with Gasteiger partial charge in [0.2, 0.25) is 0 Å². The number of amides is 1. The van der Waals surface area contributed by atoms with Gasteiger partial charge in [-0.2, -0.15) is 0 Å². The molecule has 144 valence electrons. The van der Waals surface area contributed by atoms with Gasteiger partial charge in [0.1, 0.15) is 11.5 Å². The zero-order chi connectivity index (χ0) is 19.9. The summed E-state index contributed by atoms with van der Waals surface area (Å²) in [6, 6.07) is 13.4. The Kier molecular flexibility index (Phi) is 6.06. The summed E-state index contributed by atoms with van der Waals surface area (Å²) in [6.07, 6.45) is 2.95. The van der Waals surface area contributed by atoms with Gasteiger partial charge in [0.05, 0.1) is 26.6 Å². The monoisotopic (exact) mass is 378 g/mol. The number of anilines is 2. The first-order valence-electron chi connectivity index (χ1n) is 8.74. The van der Waals surface area contributed by atoms with Crippen molar-refractivity contribution >= 4 is 17.4 Å². The highest BCUT2D eigenvalue weighted by Crippen LogP contribution is 2.30. The lowest BCUT2D eigenvalue weighted by Gasteiger charge is -2.11. The van der Waals surface area contributed by atoms with Crippen molar-refractivity contribution in [1.82, 2.24) is 15.3 Å². The number of benzene rings is 2. The van der Waals surface area contributed by atoms with Crippen LogP contribution in [0.1, 0.15) is 21.6 Å². The number of hydrogen-bond acceptors (Lipinski definition) is 6. The summed E-state index contributed by atoms with van der Waals surface area (Å²) in [5, 5.41) is 5.96. The number of hydrogen-bond donors (Lipinski definition) is 2. The molecular formula is C21H22N4O3. The van der Waals surface area contributed by atoms with E-state index in [4.69, 9.17) is 9.47 Å². The molecule has 0 radical (unpaired) electrons. The molecule has 3 rings (SSSR count). The summed E-state index contributed by atoms with van der Waals surface area (Å²) in [5.74, 6) is 1.49. The average molecular weight is 378 g/mol. The van der Waals surface area contributed by atoms with E-state index in [1.807, 2.05) is 37.3 Å². The average Bonchev–Trinajstić information content (AvgIpc) is 2.73. The quantitative estimate of drug-likeness (QED) is 0.655. The number of carbonyl (C=O) groups excluding carboxylic acids is 1. The van der Waals surface area contributed by atoms with E-state index in [1.54, 1.807) is 26.4 Å². The van der Waals surface area contributed by atoms with E-state index < -0.39 is 0 Å². The van der Waals surface area contributed by atoms with Crippen LogP contribution in [0.5, 0.6) is 11.5 Å². The fourth-order valence-electron chi connectivity index (χ4n) is 2.55. The molecule has 7 nitrogen and oxygen atoms in total. The predicted octanol–water partition coefficient (Wildman–Crippen LogP) is 3.48. The van der Waals surface area contributed by atoms with Gasteiger partial charge in [0, 0.05) is 18.3 Å². The predicted molar refractivity (Wildman–Crippen MR) is 107 cm³/mol. The van der Waals surface area contributed by atoms with Crippen molar-refractivity contribution in [3.63, 3.8) is 0 Å². The van der Waals surface area contributed by atoms with Crippen LogP contribution >= 0.6 is 0 Å². The Morgan fingerprint density at radius 2 is 1.71 bits per heavy atom. The van der Waals surface area contributed by atoms with Crippen molar-refractivity contribution in [1.29, 1.82) is 0 Å². The number of methoxy groups -OCH3 is 2. The van der Waals surface area contributed by atoms with Crippen LogP contribution in [0, 0.1) is 6.92 Å². The van der Waals surface area contributed by atoms with E-state index in [0.29, 0.717) is 23.9 Å². The van der Waals surface area contributed by atoms with Crippen molar-refractivity contribution in [2.75, 3.05) is 19.5 Å². The smallest absolute Gasteiger partial charge is 0.271 e. The zero-order valence-electron chi connectivity index (χ0n) is 16.0. The number of aryl methyl sites for hydroxylation is 1. The lowest BCUT2D eigenvalue weighted by molar-refractivity contribution is 0.0945. The van der Waals surface area contributed by atoms with Crippen LogP contribution in [-0.2, 0) is 6.54 Å². The van der Waals surface area contributed by atoms with Crippen LogP contribution in [0.15, 0.2) is 54.9 Å². The van der Waals surface area contributed by atoms with Gasteiger partial charge in [-0.1, -0.05) is 29.8 Å². The molecule has 0 aliphatic carbocycles. The van der Waals surface area contributed by atoms with Crippen LogP contribution in [-0.4, -0.2) is 30.1 Å². The van der Waals surface area contributed by atoms with Crippen LogP contribution in [0.25, 0.3) is 0 Å². The molecule has 0 unspecified atom stereocenters. The van der Waals surface area contributed by atoms with E-state index in [-0.39, 0.29) is 11.6 Å². The normalized spacial score (nSPS) is 10.2. The summed E-state index contributed by atoms with van der Waals surface area (Å²) in [5.41, 5.74) is 3.23. The summed E-state index contributed by atoms with van der Waals surface area (Å²) < 4.78 is 10.5. The second-order valence-corrected chi connectivity index (χ2v) is 6.15. The molecule has 2 N–H and O–H groups in total. The highest BCUT2D eigenvalue weighted by Gasteiger charge is 2.09. The Morgan fingerprint density at radius 3 is 2.36 bits per heavy atom. The van der Waals surface area contributed by atoms with Gasteiger partial charge in [-0.25, -0.2) is 9.97 Å². The number of rotatable bonds is 7. The highest BCUT2D eigenvalue weighted by molar-refractivity contribution is 5.92. The summed E-state index contributed by atoms with van der Waals surface area (Å²) in [6.45, 7) is 2.46. The van der Waals surface area contributed by atoms with Crippen molar-refractivity contribution in [2.24, 2.45) is 0 Å². The summed E-state index contributed by atoms with van der Waals surface area (Å²) in [4.78, 5) is 20.7. The number of nitrogens with one attached hydrogen (secondary N) is 2. The molecule has 3 aromatic rings. The van der Waals surface area contributed by atoms with E-state index in [1.165, 1.54) is 18.0 Å². The zero-order valence-corrected chi connectivity index (χ0v) is 16.0. The topological polar surface area (TPSA) is 85.4 Å². The molecule has 28 heavy (non-hydrogen) atoms. The second-order valence-electron chi connectivity index (χ2n) is 6.15. The van der Waals surface area contributed by atoms with Gasteiger partial charge in [-0.3, -0.25) is 4.79 Å². The Hall–Kier alpha value is -3.61. The fourth-order valence-corrected chi connectivity index (χ4v) is 2.55. The van der Waals surface area contributed by atoms with Gasteiger partial charge in [-0.15, -0.1) is 0 Å². The summed E-state index contributed by atoms with van der Waals surface area (Å²) in [7, 11) is 3.16. The third kappa shape index (κ3) is 4.76. The molecule has 0 saturated carbocycles. The molecule has 1 amide bonds. The molecule has 0 aliphatic rings. The number of carbonyl (C=O) groups is 1. The van der Waals surface area contributed by atoms with Crippen LogP contribution in [0.2, 0.25) is 0 Å². The SMILES string of the molecule is COc1ccc(Nc2cnc(C(=O)NCc3ccc(C)cc3)cn2)cc1OC. The minimum Gasteiger partial charge on any atom is -0.493 e. The van der Waals surface area contributed by atoms with E-state index in [2.05, 4.69) is 20.6 Å². The van der Waals surface area contributed by atoms with E-state index in [9.17, 15) is 4.79 Å². The van der Waals surface area contributed by atoms with Gasteiger partial charge >= 0.3 is 0 Å². The maximum Gasteiger partial charge on any atom is 0.271 e. The molecule has 1 aromatic heterocycles. The third-order valence-corrected chi connectivity index (χ3v) is 4.11. The molecule has 0 saturated heterocycles. The van der Waals surface area contributed by atoms with Crippen molar-refractivity contribution in [3.8, 4) is 11.5 Å². The molecule has 0 aliphatic heterocycles. The van der Waals surface area contributed by atoms with Crippen molar-refractivity contribution in [3.05, 3.63) is 71.7 Å². The summed E-state index contributed by atoms with van der Waals surface area (Å²) >= 11 is 0. The fraction of sp³-hybridized carbons (Fsp3) is 0.190. The second kappa shape index (κ2) is 8.85. The largest absolute Gasteiger partial charge is 0.493 e. The van der Waals surface area contributed by atoms with Crippen LogP contribution < -0.4 is 20.1 Å². The lowest BCUT2D eigenvalue weighted by atomic mass is 10.1. The Labute approximate surface area is 163 Å². The Bertz CT molecular complexity index is 941. The minimum atomic E-state index is -0.272. The third-order valence-electron chi connectivity index (χ3n) is 4.11. The lowest BCUT2D eigenvalue weighted by Crippen LogP contribution is -2.24. The maximum atomic E-state index is 12.2. The minimum absolute atomic E-state index is 0.255. The van der Waals surface area contributed by atoms with Gasteiger partial charge in [-0.05, 0) is 24.6 Å². The number of ether oxygens (including phenoxy) is 2. The van der Waals surface area contributed by atoms with E-state index >= 15 is 0 Å². The van der Waals surface area contributed by atoms with Gasteiger partial charge in [0.25, 0.3) is 5.91 Å². The van der Waals surface area contributed by atoms with E-state index in [0.717, 1.165) is 11.3 Å². The first-order valence-corrected chi connectivity index (χ1v) is 8.74. The van der Waals surface area contributed by atoms with Crippen LogP contribution in [0.4, 0.5) is 11.5 Å². The first kappa shape index (κ1) is 19.2. The number of nitrogens with zero attached hydrogens (tertiary/aromatic N) is 2. The molecule has 0 spiro atoms. The molecule has 2 aromatic carbocycles. The number of aromatic nitrogens is 2. The van der Waals surface area contributed by atoms with Crippen molar-refractivity contribution < 1.29 is 14.3 Å². The molecule has 1 heterocycles.